The third kappa shape index (κ3) is 8.08. The Morgan fingerprint density at radius 1 is 0.750 bits per heavy atom. The lowest BCUT2D eigenvalue weighted by atomic mass is 9.98. The summed E-state index contributed by atoms with van der Waals surface area (Å²) in [7, 11) is 8.02. The van der Waals surface area contributed by atoms with Crippen LogP contribution in [0.5, 0.6) is 11.5 Å². The quantitative estimate of drug-likeness (QED) is 0.241. The third-order valence-electron chi connectivity index (χ3n) is 5.72. The van der Waals surface area contributed by atoms with Crippen LogP contribution in [0.1, 0.15) is 27.0 Å². The van der Waals surface area contributed by atoms with E-state index in [1.165, 1.54) is 11.1 Å². The van der Waals surface area contributed by atoms with Crippen LogP contribution in [-0.2, 0) is 0 Å². The summed E-state index contributed by atoms with van der Waals surface area (Å²) < 4.78 is 12.0. The van der Waals surface area contributed by atoms with Crippen molar-refractivity contribution in [3.05, 3.63) is 89.0 Å². The molecule has 36 heavy (non-hydrogen) atoms. The van der Waals surface area contributed by atoms with Crippen molar-refractivity contribution in [2.75, 3.05) is 54.5 Å². The first-order chi connectivity index (χ1) is 17.2. The summed E-state index contributed by atoms with van der Waals surface area (Å²) in [4.78, 5) is 17.3. The van der Waals surface area contributed by atoms with E-state index in [0.717, 1.165) is 35.5 Å². The fourth-order valence-electron chi connectivity index (χ4n) is 3.86. The molecule has 0 atom stereocenters. The highest BCUT2D eigenvalue weighted by Gasteiger charge is 2.11. The van der Waals surface area contributed by atoms with Gasteiger partial charge in [0.15, 0.2) is 5.78 Å². The Balaban J connectivity index is 1.89. The van der Waals surface area contributed by atoms with Gasteiger partial charge in [0.05, 0.1) is 5.56 Å². The zero-order chi connectivity index (χ0) is 26.1. The Morgan fingerprint density at radius 3 is 2.00 bits per heavy atom. The highest BCUT2D eigenvalue weighted by molar-refractivity contribution is 6.08. The number of likely N-dealkylation sites (N-methyl/N-ethyl adjacent to an activating group) is 2. The summed E-state index contributed by atoms with van der Waals surface area (Å²) in [5, 5.41) is 0. The lowest BCUT2D eigenvalue weighted by molar-refractivity contribution is 0.104. The first kappa shape index (κ1) is 27.2. The summed E-state index contributed by atoms with van der Waals surface area (Å²) in [5.74, 6) is 1.25. The van der Waals surface area contributed by atoms with Crippen LogP contribution in [0, 0.1) is 13.8 Å². The Morgan fingerprint density at radius 2 is 1.36 bits per heavy atom. The van der Waals surface area contributed by atoms with Crippen molar-refractivity contribution in [2.45, 2.75) is 13.8 Å². The van der Waals surface area contributed by atoms with Crippen molar-refractivity contribution in [2.24, 2.45) is 0 Å². The van der Waals surface area contributed by atoms with Gasteiger partial charge < -0.3 is 19.3 Å². The van der Waals surface area contributed by atoms with Crippen LogP contribution in [0.25, 0.3) is 17.2 Å². The highest BCUT2D eigenvalue weighted by Crippen LogP contribution is 2.30. The average molecular weight is 487 g/mol. The van der Waals surface area contributed by atoms with E-state index in [1.54, 1.807) is 12.1 Å². The Labute approximate surface area is 216 Å². The van der Waals surface area contributed by atoms with Gasteiger partial charge in [-0.3, -0.25) is 4.79 Å². The Bertz CT molecular complexity index is 1180. The number of carbonyl (C=O) groups excluding carboxylic acids is 1. The number of benzene rings is 3. The predicted octanol–water partition coefficient (Wildman–Crippen LogP) is 5.75. The molecule has 5 heteroatoms. The van der Waals surface area contributed by atoms with Gasteiger partial charge in [-0.1, -0.05) is 47.5 Å². The molecule has 0 saturated heterocycles. The summed E-state index contributed by atoms with van der Waals surface area (Å²) in [6.45, 7) is 6.87. The van der Waals surface area contributed by atoms with Gasteiger partial charge in [0.25, 0.3) is 0 Å². The van der Waals surface area contributed by atoms with Crippen LogP contribution in [0.3, 0.4) is 0 Å². The van der Waals surface area contributed by atoms with Gasteiger partial charge in [0.1, 0.15) is 24.7 Å². The Kier molecular flexibility index (Phi) is 9.86. The fourth-order valence-corrected chi connectivity index (χ4v) is 3.86. The van der Waals surface area contributed by atoms with Gasteiger partial charge in [-0.05, 0) is 89.6 Å². The predicted molar refractivity (Wildman–Crippen MR) is 149 cm³/mol. The molecule has 3 rings (SSSR count). The largest absolute Gasteiger partial charge is 0.492 e. The molecule has 0 saturated carbocycles. The number of hydrogen-bond acceptors (Lipinski definition) is 5. The molecule has 0 heterocycles. The zero-order valence-electron chi connectivity index (χ0n) is 22.4. The maximum atomic E-state index is 13.2. The zero-order valence-corrected chi connectivity index (χ0v) is 22.4. The summed E-state index contributed by atoms with van der Waals surface area (Å²) in [6.07, 6.45) is 3.45. The maximum absolute atomic E-state index is 13.2. The molecule has 0 aromatic heterocycles. The molecule has 0 unspecified atom stereocenters. The second-order valence-electron chi connectivity index (χ2n) is 9.63. The first-order valence-corrected chi connectivity index (χ1v) is 12.3. The van der Waals surface area contributed by atoms with Crippen molar-refractivity contribution in [1.29, 1.82) is 0 Å². The standard InChI is InChI=1S/C31H38N2O3/c1-23-19-24(2)21-27(20-23)25-12-14-30(35-17-15-32(3)4)26(22-25)11-13-29(34)28-9-7-8-10-31(28)36-18-16-33(5)6/h7-14,19-22H,15-18H2,1-6H3. The number of ketones is 1. The van der Waals surface area contributed by atoms with Gasteiger partial charge in [-0.2, -0.15) is 0 Å². The molecular formula is C31H38N2O3. The van der Waals surface area contributed by atoms with Crippen molar-refractivity contribution in [3.8, 4) is 22.6 Å². The topological polar surface area (TPSA) is 42.0 Å². The molecule has 0 aliphatic rings. The van der Waals surface area contributed by atoms with Crippen molar-refractivity contribution in [3.63, 3.8) is 0 Å². The van der Waals surface area contributed by atoms with Crippen LogP contribution in [0.2, 0.25) is 0 Å². The number of nitrogens with zero attached hydrogens (tertiary/aromatic N) is 2. The lowest BCUT2D eigenvalue weighted by Gasteiger charge is -2.14. The van der Waals surface area contributed by atoms with E-state index in [1.807, 2.05) is 63.4 Å². The minimum absolute atomic E-state index is 0.105. The molecule has 0 radical (unpaired) electrons. The third-order valence-corrected chi connectivity index (χ3v) is 5.72. The molecule has 0 aliphatic heterocycles. The molecule has 0 spiro atoms. The van der Waals surface area contributed by atoms with Gasteiger partial charge in [-0.25, -0.2) is 0 Å². The molecule has 190 valence electrons. The summed E-state index contributed by atoms with van der Waals surface area (Å²) in [6, 6.07) is 20.1. The van der Waals surface area contributed by atoms with E-state index in [2.05, 4.69) is 49.1 Å². The van der Waals surface area contributed by atoms with Crippen molar-refractivity contribution < 1.29 is 14.3 Å². The van der Waals surface area contributed by atoms with Crippen LogP contribution >= 0.6 is 0 Å². The van der Waals surface area contributed by atoms with Crippen LogP contribution < -0.4 is 9.47 Å². The highest BCUT2D eigenvalue weighted by atomic mass is 16.5. The molecule has 0 fully saturated rings. The smallest absolute Gasteiger partial charge is 0.189 e. The van der Waals surface area contributed by atoms with Crippen LogP contribution in [0.4, 0.5) is 0 Å². The monoisotopic (exact) mass is 486 g/mol. The number of allylic oxidation sites excluding steroid dienone is 1. The minimum Gasteiger partial charge on any atom is -0.492 e. The SMILES string of the molecule is Cc1cc(C)cc(-c2ccc(OCCN(C)C)c(C=CC(=O)c3ccccc3OCCN(C)C)c2)c1. The number of rotatable bonds is 12. The molecular weight excluding hydrogens is 448 g/mol. The fraction of sp³-hybridized carbons (Fsp3) is 0.323. The second kappa shape index (κ2) is 13.1. The summed E-state index contributed by atoms with van der Waals surface area (Å²) in [5.41, 5.74) is 6.08. The normalized spacial score (nSPS) is 11.4. The van der Waals surface area contributed by atoms with Gasteiger partial charge in [-0.15, -0.1) is 0 Å². The van der Waals surface area contributed by atoms with E-state index in [0.29, 0.717) is 24.5 Å². The van der Waals surface area contributed by atoms with Crippen molar-refractivity contribution >= 4 is 11.9 Å². The van der Waals surface area contributed by atoms with Crippen LogP contribution in [0.15, 0.2) is 66.7 Å². The number of ether oxygens (including phenoxy) is 2. The number of aryl methyl sites for hydroxylation is 2. The molecule has 0 aliphatic carbocycles. The molecule has 5 nitrogen and oxygen atoms in total. The molecule has 3 aromatic rings. The number of para-hydroxylation sites is 1. The van der Waals surface area contributed by atoms with E-state index in [4.69, 9.17) is 9.47 Å². The maximum Gasteiger partial charge on any atom is 0.189 e. The van der Waals surface area contributed by atoms with E-state index >= 15 is 0 Å². The molecule has 0 bridgehead atoms. The molecule has 0 amide bonds. The van der Waals surface area contributed by atoms with E-state index in [9.17, 15) is 4.79 Å². The summed E-state index contributed by atoms with van der Waals surface area (Å²) >= 11 is 0. The van der Waals surface area contributed by atoms with Crippen molar-refractivity contribution in [1.82, 2.24) is 9.80 Å². The molecule has 3 aromatic carbocycles. The number of hydrogen-bond donors (Lipinski definition) is 0. The van der Waals surface area contributed by atoms with E-state index < -0.39 is 0 Å². The average Bonchev–Trinajstić information content (AvgIpc) is 2.82. The lowest BCUT2D eigenvalue weighted by Crippen LogP contribution is -2.20. The first-order valence-electron chi connectivity index (χ1n) is 12.3. The minimum atomic E-state index is -0.105. The van der Waals surface area contributed by atoms with E-state index in [-0.39, 0.29) is 5.78 Å². The van der Waals surface area contributed by atoms with Gasteiger partial charge in [0.2, 0.25) is 0 Å². The van der Waals surface area contributed by atoms with Crippen LogP contribution in [-0.4, -0.2) is 70.1 Å². The van der Waals surface area contributed by atoms with Gasteiger partial charge in [0, 0.05) is 18.7 Å². The number of carbonyl (C=O) groups is 1. The molecule has 0 N–H and O–H groups in total. The Hall–Kier alpha value is -3.41. The second-order valence-corrected chi connectivity index (χ2v) is 9.63. The van der Waals surface area contributed by atoms with Gasteiger partial charge >= 0.3 is 0 Å².